The third-order valence-corrected chi connectivity index (χ3v) is 6.12. The van der Waals surface area contributed by atoms with Crippen molar-refractivity contribution in [1.82, 2.24) is 19.8 Å². The predicted molar refractivity (Wildman–Crippen MR) is 125 cm³/mol. The Morgan fingerprint density at radius 1 is 1.36 bits per heavy atom. The summed E-state index contributed by atoms with van der Waals surface area (Å²) in [6.07, 6.45) is 7.97. The summed E-state index contributed by atoms with van der Waals surface area (Å²) in [5.74, 6) is 2.40. The molecule has 2 atom stereocenters. The highest BCUT2D eigenvalue weighted by atomic mass is 127. The molecule has 2 aromatic rings. The van der Waals surface area contributed by atoms with E-state index >= 15 is 0 Å². The molecule has 1 aromatic carbocycles. The first-order chi connectivity index (χ1) is 13.2. The van der Waals surface area contributed by atoms with Crippen LogP contribution in [0.1, 0.15) is 25.8 Å². The van der Waals surface area contributed by atoms with E-state index in [-0.39, 0.29) is 29.8 Å². The number of likely N-dealkylation sites (tertiary alicyclic amines) is 1. The number of guanidine groups is 1. The number of piperidine rings is 1. The molecular formula is C20H29FIN5S. The number of hydrogen-bond acceptors (Lipinski definition) is 3. The van der Waals surface area contributed by atoms with E-state index in [1.54, 1.807) is 11.8 Å². The van der Waals surface area contributed by atoms with E-state index in [4.69, 9.17) is 0 Å². The maximum atomic E-state index is 12.9. The molecule has 0 amide bonds. The fourth-order valence-electron chi connectivity index (χ4n) is 3.42. The zero-order valence-corrected chi connectivity index (χ0v) is 19.6. The van der Waals surface area contributed by atoms with Crippen molar-refractivity contribution in [2.45, 2.75) is 30.7 Å². The quantitative estimate of drug-likeness (QED) is 0.204. The third kappa shape index (κ3) is 6.37. The van der Waals surface area contributed by atoms with Crippen LogP contribution in [0.5, 0.6) is 0 Å². The van der Waals surface area contributed by atoms with E-state index in [9.17, 15) is 4.39 Å². The van der Waals surface area contributed by atoms with Gasteiger partial charge in [0.2, 0.25) is 0 Å². The van der Waals surface area contributed by atoms with E-state index in [0.717, 1.165) is 49.1 Å². The van der Waals surface area contributed by atoms with Crippen LogP contribution in [0.4, 0.5) is 4.39 Å². The fourth-order valence-corrected chi connectivity index (χ4v) is 4.27. The van der Waals surface area contributed by atoms with Crippen LogP contribution in [-0.4, -0.2) is 52.8 Å². The average molecular weight is 517 g/mol. The highest BCUT2D eigenvalue weighted by Gasteiger charge is 2.28. The van der Waals surface area contributed by atoms with E-state index in [0.29, 0.717) is 12.0 Å². The Hall–Kier alpha value is -1.29. The molecule has 1 fully saturated rings. The Morgan fingerprint density at radius 3 is 2.82 bits per heavy atom. The molecule has 8 heteroatoms. The highest BCUT2D eigenvalue weighted by Crippen LogP contribution is 2.27. The molecule has 1 aromatic heterocycles. The summed E-state index contributed by atoms with van der Waals surface area (Å²) < 4.78 is 15.1. The second-order valence-electron chi connectivity index (χ2n) is 6.92. The minimum absolute atomic E-state index is 0. The Kier molecular flexibility index (Phi) is 9.57. The monoisotopic (exact) mass is 517 g/mol. The standard InChI is InChI=1S/C20H28FN5S.HI/c1-16-8-11-25(14-19(16)26-12-10-23-15-26)20(22-2)24-9-3-13-27-18-6-4-17(21)5-7-18;/h4-7,10,12,15-16,19H,3,8-9,11,13-14H2,1-2H3,(H,22,24);1H. The van der Waals surface area contributed by atoms with Crippen molar-refractivity contribution >= 4 is 41.7 Å². The Labute approximate surface area is 188 Å². The number of aromatic nitrogens is 2. The molecule has 0 radical (unpaired) electrons. The maximum absolute atomic E-state index is 12.9. The zero-order chi connectivity index (χ0) is 19.1. The van der Waals surface area contributed by atoms with Crippen LogP contribution in [-0.2, 0) is 0 Å². The van der Waals surface area contributed by atoms with E-state index < -0.39 is 0 Å². The van der Waals surface area contributed by atoms with Crippen LogP contribution in [0.3, 0.4) is 0 Å². The molecular weight excluding hydrogens is 488 g/mol. The normalized spacial score (nSPS) is 20.0. The van der Waals surface area contributed by atoms with Gasteiger partial charge >= 0.3 is 0 Å². The third-order valence-electron chi connectivity index (χ3n) is 5.02. The SMILES string of the molecule is CN=C(NCCCSc1ccc(F)cc1)N1CCC(C)C(n2ccnc2)C1.I. The fraction of sp³-hybridized carbons (Fsp3) is 0.500. The van der Waals surface area contributed by atoms with Gasteiger partial charge in [0.15, 0.2) is 5.96 Å². The summed E-state index contributed by atoms with van der Waals surface area (Å²) in [5, 5.41) is 3.49. The molecule has 0 spiro atoms. The minimum atomic E-state index is -0.185. The van der Waals surface area contributed by atoms with Gasteiger partial charge in [0.25, 0.3) is 0 Å². The van der Waals surface area contributed by atoms with Crippen molar-refractivity contribution in [2.24, 2.45) is 10.9 Å². The van der Waals surface area contributed by atoms with Crippen molar-refractivity contribution in [3.05, 3.63) is 48.8 Å². The highest BCUT2D eigenvalue weighted by molar-refractivity contribution is 14.0. The molecule has 0 aliphatic carbocycles. The van der Waals surface area contributed by atoms with Crippen molar-refractivity contribution in [3.63, 3.8) is 0 Å². The number of nitrogens with one attached hydrogen (secondary N) is 1. The van der Waals surface area contributed by atoms with Gasteiger partial charge in [-0.1, -0.05) is 6.92 Å². The van der Waals surface area contributed by atoms with Crippen LogP contribution >= 0.6 is 35.7 Å². The minimum Gasteiger partial charge on any atom is -0.356 e. The van der Waals surface area contributed by atoms with Crippen LogP contribution < -0.4 is 5.32 Å². The number of hydrogen-bond donors (Lipinski definition) is 1. The smallest absolute Gasteiger partial charge is 0.193 e. The van der Waals surface area contributed by atoms with Gasteiger partial charge in [-0.15, -0.1) is 35.7 Å². The van der Waals surface area contributed by atoms with Crippen molar-refractivity contribution in [1.29, 1.82) is 0 Å². The second kappa shape index (κ2) is 11.6. The number of imidazole rings is 1. The Morgan fingerprint density at radius 2 is 2.14 bits per heavy atom. The molecule has 1 aliphatic rings. The predicted octanol–water partition coefficient (Wildman–Crippen LogP) is 4.28. The average Bonchev–Trinajstić information content (AvgIpc) is 3.21. The summed E-state index contributed by atoms with van der Waals surface area (Å²) in [5.41, 5.74) is 0. The molecule has 2 heterocycles. The van der Waals surface area contributed by atoms with Crippen LogP contribution in [0, 0.1) is 11.7 Å². The molecule has 28 heavy (non-hydrogen) atoms. The van der Waals surface area contributed by atoms with Crippen LogP contribution in [0.15, 0.2) is 52.9 Å². The molecule has 3 rings (SSSR count). The second-order valence-corrected chi connectivity index (χ2v) is 8.09. The van der Waals surface area contributed by atoms with Gasteiger partial charge in [-0.3, -0.25) is 4.99 Å². The van der Waals surface area contributed by atoms with Crippen LogP contribution in [0.2, 0.25) is 0 Å². The van der Waals surface area contributed by atoms with Gasteiger partial charge in [-0.05, 0) is 48.8 Å². The van der Waals surface area contributed by atoms with Gasteiger partial charge < -0.3 is 14.8 Å². The molecule has 0 bridgehead atoms. The molecule has 154 valence electrons. The van der Waals surface area contributed by atoms with Gasteiger partial charge in [-0.25, -0.2) is 9.37 Å². The summed E-state index contributed by atoms with van der Waals surface area (Å²) in [6, 6.07) is 7.11. The topological polar surface area (TPSA) is 45.5 Å². The molecule has 1 N–H and O–H groups in total. The largest absolute Gasteiger partial charge is 0.356 e. The number of aliphatic imine (C=N–C) groups is 1. The van der Waals surface area contributed by atoms with Crippen molar-refractivity contribution in [3.8, 4) is 0 Å². The van der Waals surface area contributed by atoms with Gasteiger partial charge in [0.1, 0.15) is 5.82 Å². The van der Waals surface area contributed by atoms with Gasteiger partial charge in [0, 0.05) is 44.0 Å². The maximum Gasteiger partial charge on any atom is 0.193 e. The summed E-state index contributed by atoms with van der Waals surface area (Å²) >= 11 is 1.75. The lowest BCUT2D eigenvalue weighted by Gasteiger charge is -2.39. The Balaban J connectivity index is 0.00000280. The van der Waals surface area contributed by atoms with Crippen molar-refractivity contribution in [2.75, 3.05) is 32.4 Å². The Bertz CT molecular complexity index is 723. The van der Waals surface area contributed by atoms with Crippen molar-refractivity contribution < 1.29 is 4.39 Å². The molecule has 1 saturated heterocycles. The summed E-state index contributed by atoms with van der Waals surface area (Å²) in [4.78, 5) is 12.1. The van der Waals surface area contributed by atoms with Crippen LogP contribution in [0.25, 0.3) is 0 Å². The lowest BCUT2D eigenvalue weighted by atomic mass is 9.93. The number of nitrogens with zero attached hydrogens (tertiary/aromatic N) is 4. The molecule has 0 saturated carbocycles. The first-order valence-electron chi connectivity index (χ1n) is 9.49. The molecule has 1 aliphatic heterocycles. The first-order valence-corrected chi connectivity index (χ1v) is 10.5. The number of halogens is 2. The van der Waals surface area contributed by atoms with E-state index in [1.807, 2.05) is 37.9 Å². The molecule has 2 unspecified atom stereocenters. The number of rotatable bonds is 6. The number of benzene rings is 1. The van der Waals surface area contributed by atoms with E-state index in [2.05, 4.69) is 31.7 Å². The summed E-state index contributed by atoms with van der Waals surface area (Å²) in [7, 11) is 1.85. The first kappa shape index (κ1) is 23.0. The zero-order valence-electron chi connectivity index (χ0n) is 16.4. The van der Waals surface area contributed by atoms with Gasteiger partial charge in [0.05, 0.1) is 12.4 Å². The van der Waals surface area contributed by atoms with E-state index in [1.165, 1.54) is 12.1 Å². The lowest BCUT2D eigenvalue weighted by molar-refractivity contribution is 0.189. The van der Waals surface area contributed by atoms with Gasteiger partial charge in [-0.2, -0.15) is 0 Å². The molecule has 5 nitrogen and oxygen atoms in total. The number of thioether (sulfide) groups is 1. The summed E-state index contributed by atoms with van der Waals surface area (Å²) in [6.45, 7) is 5.16. The lowest BCUT2D eigenvalue weighted by Crippen LogP contribution is -2.49.